The lowest BCUT2D eigenvalue weighted by molar-refractivity contribution is 0.121. The number of benzene rings is 3. The Balaban J connectivity index is 1.22. The molecule has 78 heavy (non-hydrogen) atoms. The van der Waals surface area contributed by atoms with E-state index in [1.807, 2.05) is 0 Å². The molecular formula is C73H97BN2OSi. The lowest BCUT2D eigenvalue weighted by atomic mass is 9.32. The van der Waals surface area contributed by atoms with Gasteiger partial charge in [0, 0.05) is 28.4 Å². The lowest BCUT2D eigenvalue weighted by Gasteiger charge is -2.52. The first-order valence-corrected chi connectivity index (χ1v) is 34.3. The molecule has 8 aliphatic rings. The molecule has 0 bridgehead atoms. The summed E-state index contributed by atoms with van der Waals surface area (Å²) in [5, 5.41) is 1.70. The van der Waals surface area contributed by atoms with Gasteiger partial charge in [-0.25, -0.2) is 0 Å². The van der Waals surface area contributed by atoms with Crippen LogP contribution >= 0.6 is 0 Å². The molecule has 6 aliphatic carbocycles. The Labute approximate surface area is 474 Å². The van der Waals surface area contributed by atoms with E-state index in [1.54, 1.807) is 27.5 Å². The SMILES string of the molecule is CC1(C)CCC(C)(C)C2CC(C3=CC=C([Si](C)(C)C)CC3)=C(N3c4ccc(C(C)(C)C)cc4B4c5c3cc(C(C)(C)C)cc5N(c3ccc5c(c3)C(C)(C)CCC5(C)C)c3oc5c(c34)CC3C(=C5)C(C)(C)CCC3(C)C)C=C21. The van der Waals surface area contributed by atoms with Crippen LogP contribution in [0.4, 0.5) is 28.6 Å². The summed E-state index contributed by atoms with van der Waals surface area (Å²) < 4.78 is 7.81. The molecule has 0 radical (unpaired) electrons. The van der Waals surface area contributed by atoms with E-state index in [9.17, 15) is 0 Å². The second-order valence-corrected chi connectivity index (χ2v) is 38.6. The van der Waals surface area contributed by atoms with Crippen LogP contribution in [-0.4, -0.2) is 14.8 Å². The van der Waals surface area contributed by atoms with Crippen LogP contribution in [0.25, 0.3) is 6.08 Å². The lowest BCUT2D eigenvalue weighted by Crippen LogP contribution is -2.62. The van der Waals surface area contributed by atoms with Crippen molar-refractivity contribution in [3.8, 4) is 0 Å². The smallest absolute Gasteiger partial charge is 0.256 e. The Morgan fingerprint density at radius 3 is 1.72 bits per heavy atom. The number of hydrogen-bond acceptors (Lipinski definition) is 3. The van der Waals surface area contributed by atoms with Gasteiger partial charge in [-0.15, -0.1) is 0 Å². The summed E-state index contributed by atoms with van der Waals surface area (Å²) in [6, 6.07) is 20.6. The Morgan fingerprint density at radius 1 is 0.551 bits per heavy atom. The number of fused-ring (bicyclic) bond motifs is 9. The Kier molecular flexibility index (Phi) is 11.8. The number of nitrogens with zero attached hydrogens (tertiary/aromatic N) is 2. The second kappa shape index (κ2) is 17.0. The summed E-state index contributed by atoms with van der Waals surface area (Å²) in [7, 11) is -1.46. The van der Waals surface area contributed by atoms with Crippen LogP contribution in [-0.2, 0) is 28.1 Å². The molecule has 5 heteroatoms. The van der Waals surface area contributed by atoms with Crippen LogP contribution in [0.5, 0.6) is 0 Å². The maximum absolute atomic E-state index is 7.81. The highest BCUT2D eigenvalue weighted by Crippen LogP contribution is 2.61. The molecule has 12 rings (SSSR count). The average molecular weight is 1060 g/mol. The van der Waals surface area contributed by atoms with Crippen molar-refractivity contribution in [2.45, 2.75) is 230 Å². The van der Waals surface area contributed by atoms with Crippen LogP contribution < -0.4 is 26.2 Å². The fourth-order valence-corrected chi connectivity index (χ4v) is 17.8. The monoisotopic (exact) mass is 1060 g/mol. The number of hydrogen-bond donors (Lipinski definition) is 0. The molecule has 1 aromatic heterocycles. The van der Waals surface area contributed by atoms with Gasteiger partial charge < -0.3 is 9.32 Å². The molecule has 2 aliphatic heterocycles. The molecular weight excluding hydrogens is 960 g/mol. The minimum atomic E-state index is -1.46. The van der Waals surface area contributed by atoms with Gasteiger partial charge in [-0.3, -0.25) is 4.90 Å². The minimum absolute atomic E-state index is 0.0202. The molecule has 3 heterocycles. The topological polar surface area (TPSA) is 19.6 Å². The van der Waals surface area contributed by atoms with Crippen molar-refractivity contribution in [3.63, 3.8) is 0 Å². The molecule has 2 saturated carbocycles. The normalized spacial score (nSPS) is 25.0. The summed E-state index contributed by atoms with van der Waals surface area (Å²) in [5.74, 6) is 3.05. The summed E-state index contributed by atoms with van der Waals surface area (Å²) in [6.07, 6.45) is 22.1. The highest BCUT2D eigenvalue weighted by Gasteiger charge is 2.54. The molecule has 412 valence electrons. The van der Waals surface area contributed by atoms with Gasteiger partial charge >= 0.3 is 0 Å². The van der Waals surface area contributed by atoms with Gasteiger partial charge in [-0.2, -0.15) is 0 Å². The molecule has 2 fully saturated rings. The van der Waals surface area contributed by atoms with Gasteiger partial charge in [0.2, 0.25) is 5.88 Å². The third-order valence-electron chi connectivity index (χ3n) is 22.3. The zero-order valence-electron chi connectivity index (χ0n) is 52.5. The van der Waals surface area contributed by atoms with Gasteiger partial charge in [0.25, 0.3) is 6.71 Å². The van der Waals surface area contributed by atoms with E-state index in [1.165, 1.54) is 118 Å². The fraction of sp³-hybridized carbons (Fsp3) is 0.562. The van der Waals surface area contributed by atoms with E-state index in [4.69, 9.17) is 4.42 Å². The first-order chi connectivity index (χ1) is 36.0. The van der Waals surface area contributed by atoms with E-state index in [0.717, 1.165) is 30.9 Å². The fourth-order valence-electron chi connectivity index (χ4n) is 16.3. The zero-order chi connectivity index (χ0) is 56.2. The van der Waals surface area contributed by atoms with Crippen molar-refractivity contribution in [2.24, 2.45) is 33.5 Å². The van der Waals surface area contributed by atoms with Crippen LogP contribution in [0.1, 0.15) is 216 Å². The standard InChI is InChI=1S/C73H97BN2OSi/c1-66(2,3)45-24-29-58-57(36-45)74-63-50-41-54-56(73(17,18)35-33-71(54,13)14)43-62(50)77-65(63)75(47-25-28-51-52(39-47)69(9,10)31-30-68(51,7)8)60-37-46(67(4,5)6)38-61(64(60)74)76(58)59-42-55-53(70(11,12)32-34-72(55,15)16)40-49(59)44-22-26-48(27-23-44)78(19,20)21/h22,24-26,28-29,36-39,42-43,53-54H,23,27,30-35,40-41H2,1-21H3. The van der Waals surface area contributed by atoms with E-state index in [-0.39, 0.29) is 50.0 Å². The highest BCUT2D eigenvalue weighted by molar-refractivity contribution is 7.00. The van der Waals surface area contributed by atoms with Gasteiger partial charge in [0.15, 0.2) is 0 Å². The first kappa shape index (κ1) is 54.1. The predicted octanol–water partition coefficient (Wildman–Crippen LogP) is 18.9. The van der Waals surface area contributed by atoms with Gasteiger partial charge in [-0.05, 0) is 217 Å². The van der Waals surface area contributed by atoms with Crippen molar-refractivity contribution in [1.29, 1.82) is 0 Å². The Bertz CT molecular complexity index is 3380. The third kappa shape index (κ3) is 8.34. The first-order valence-electron chi connectivity index (χ1n) is 30.8. The zero-order valence-corrected chi connectivity index (χ0v) is 53.5. The maximum Gasteiger partial charge on any atom is 0.256 e. The van der Waals surface area contributed by atoms with Crippen LogP contribution in [0.15, 0.2) is 104 Å². The molecule has 0 N–H and O–H groups in total. The molecule has 0 spiro atoms. The highest BCUT2D eigenvalue weighted by atomic mass is 28.3. The number of rotatable bonds is 4. The molecule has 0 saturated heterocycles. The molecule has 3 nitrogen and oxygen atoms in total. The van der Waals surface area contributed by atoms with Gasteiger partial charge in [-0.1, -0.05) is 191 Å². The third-order valence-corrected chi connectivity index (χ3v) is 24.6. The van der Waals surface area contributed by atoms with E-state index in [2.05, 4.69) is 227 Å². The summed E-state index contributed by atoms with van der Waals surface area (Å²) in [4.78, 5) is 5.50. The van der Waals surface area contributed by atoms with E-state index in [0.29, 0.717) is 11.8 Å². The number of furan rings is 1. The molecule has 2 atom stereocenters. The van der Waals surface area contributed by atoms with Crippen molar-refractivity contribution in [2.75, 3.05) is 9.80 Å². The Hall–Kier alpha value is -4.48. The van der Waals surface area contributed by atoms with Crippen LogP contribution in [0.2, 0.25) is 19.6 Å². The van der Waals surface area contributed by atoms with Crippen molar-refractivity contribution < 1.29 is 4.42 Å². The Morgan fingerprint density at radius 2 is 1.13 bits per heavy atom. The quantitative estimate of drug-likeness (QED) is 0.167. The number of allylic oxidation sites excluding steroid dienone is 8. The average Bonchev–Trinajstić information content (AvgIpc) is 3.95. The largest absolute Gasteiger partial charge is 0.441 e. The summed E-state index contributed by atoms with van der Waals surface area (Å²) >= 11 is 0. The summed E-state index contributed by atoms with van der Waals surface area (Å²) in [5.41, 5.74) is 24.9. The van der Waals surface area contributed by atoms with Gasteiger partial charge in [0.1, 0.15) is 5.76 Å². The molecule has 2 unspecified atom stereocenters. The van der Waals surface area contributed by atoms with Crippen molar-refractivity contribution >= 4 is 65.9 Å². The summed E-state index contributed by atoms with van der Waals surface area (Å²) in [6.45, 7) is 52.4. The van der Waals surface area contributed by atoms with Crippen molar-refractivity contribution in [3.05, 3.63) is 134 Å². The second-order valence-electron chi connectivity index (χ2n) is 33.4. The molecule has 4 aromatic rings. The van der Waals surface area contributed by atoms with E-state index >= 15 is 0 Å². The minimum Gasteiger partial charge on any atom is -0.441 e. The molecule has 0 amide bonds. The number of anilines is 5. The molecule has 3 aromatic carbocycles. The van der Waals surface area contributed by atoms with Crippen LogP contribution in [0, 0.1) is 33.5 Å². The maximum atomic E-state index is 7.81. The van der Waals surface area contributed by atoms with E-state index < -0.39 is 8.07 Å². The van der Waals surface area contributed by atoms with Crippen LogP contribution in [0.3, 0.4) is 0 Å². The van der Waals surface area contributed by atoms with Gasteiger partial charge in [0.05, 0.1) is 8.07 Å². The van der Waals surface area contributed by atoms with Crippen molar-refractivity contribution in [1.82, 2.24) is 0 Å². The predicted molar refractivity (Wildman–Crippen MR) is 340 cm³/mol.